The lowest BCUT2D eigenvalue weighted by Crippen LogP contribution is -2.45. The van der Waals surface area contributed by atoms with Gasteiger partial charge in [-0.1, -0.05) is 12.2 Å². The smallest absolute Gasteiger partial charge is 0.0870 e. The zero-order valence-corrected chi connectivity index (χ0v) is 9.14. The number of nitrogens with zero attached hydrogens (tertiary/aromatic N) is 1. The van der Waals surface area contributed by atoms with Crippen molar-refractivity contribution in [2.75, 3.05) is 19.8 Å². The summed E-state index contributed by atoms with van der Waals surface area (Å²) in [6, 6.07) is 0.981. The van der Waals surface area contributed by atoms with E-state index in [-0.39, 0.29) is 0 Å². The Morgan fingerprint density at radius 2 is 2.38 bits per heavy atom. The third-order valence-electron chi connectivity index (χ3n) is 2.38. The molecule has 2 N–H and O–H groups in total. The minimum atomic E-state index is 0.480. The summed E-state index contributed by atoms with van der Waals surface area (Å²) in [5, 5.41) is 0. The van der Waals surface area contributed by atoms with Gasteiger partial charge in [0.15, 0.2) is 0 Å². The van der Waals surface area contributed by atoms with Crippen LogP contribution in [0.3, 0.4) is 0 Å². The summed E-state index contributed by atoms with van der Waals surface area (Å²) >= 11 is 4.92. The molecule has 0 saturated carbocycles. The van der Waals surface area contributed by atoms with Crippen LogP contribution in [0.15, 0.2) is 0 Å². The van der Waals surface area contributed by atoms with Gasteiger partial charge in [-0.05, 0) is 20.3 Å². The van der Waals surface area contributed by atoms with E-state index in [0.717, 1.165) is 19.6 Å². The number of ether oxygens (including phenoxy) is 1. The van der Waals surface area contributed by atoms with Crippen LogP contribution in [0, 0.1) is 0 Å². The van der Waals surface area contributed by atoms with Crippen molar-refractivity contribution in [2.24, 2.45) is 5.73 Å². The molecule has 76 valence electrons. The first-order valence-corrected chi connectivity index (χ1v) is 5.14. The van der Waals surface area contributed by atoms with E-state index in [1.54, 1.807) is 0 Å². The maximum Gasteiger partial charge on any atom is 0.0870 e. The highest BCUT2D eigenvalue weighted by atomic mass is 32.1. The summed E-state index contributed by atoms with van der Waals surface area (Å²) in [4.78, 5) is 2.88. The van der Waals surface area contributed by atoms with Crippen molar-refractivity contribution in [1.82, 2.24) is 4.90 Å². The molecule has 0 aromatic heterocycles. The Hall–Kier alpha value is -0.190. The molecule has 0 aliphatic carbocycles. The van der Waals surface area contributed by atoms with Crippen LogP contribution in [0.1, 0.15) is 20.3 Å². The van der Waals surface area contributed by atoms with Crippen LogP contribution in [0.25, 0.3) is 0 Å². The predicted molar refractivity (Wildman–Crippen MR) is 57.9 cm³/mol. The zero-order chi connectivity index (χ0) is 9.84. The van der Waals surface area contributed by atoms with E-state index >= 15 is 0 Å². The van der Waals surface area contributed by atoms with E-state index in [0.29, 0.717) is 23.6 Å². The second-order valence-electron chi connectivity index (χ2n) is 3.75. The van der Waals surface area contributed by atoms with Crippen LogP contribution in [-0.2, 0) is 4.74 Å². The molecule has 13 heavy (non-hydrogen) atoms. The van der Waals surface area contributed by atoms with E-state index < -0.39 is 0 Å². The molecule has 1 fully saturated rings. The Labute approximate surface area is 85.2 Å². The highest BCUT2D eigenvalue weighted by Crippen LogP contribution is 2.14. The van der Waals surface area contributed by atoms with Gasteiger partial charge in [0.1, 0.15) is 0 Å². The Kier molecular flexibility index (Phi) is 4.09. The van der Waals surface area contributed by atoms with Gasteiger partial charge in [0, 0.05) is 25.2 Å². The Morgan fingerprint density at radius 3 is 2.77 bits per heavy atom. The first-order valence-electron chi connectivity index (χ1n) is 4.73. The van der Waals surface area contributed by atoms with Crippen molar-refractivity contribution in [2.45, 2.75) is 32.4 Å². The van der Waals surface area contributed by atoms with Gasteiger partial charge in [-0.2, -0.15) is 0 Å². The maximum absolute atomic E-state index is 5.55. The largest absolute Gasteiger partial charge is 0.392 e. The van der Waals surface area contributed by atoms with Crippen molar-refractivity contribution in [3.05, 3.63) is 0 Å². The molecular formula is C9H18N2OS. The summed E-state index contributed by atoms with van der Waals surface area (Å²) in [6.07, 6.45) is 1.10. The maximum atomic E-state index is 5.55. The molecular weight excluding hydrogens is 184 g/mol. The summed E-state index contributed by atoms with van der Waals surface area (Å²) in [7, 11) is 0. The second-order valence-corrected chi connectivity index (χ2v) is 4.27. The topological polar surface area (TPSA) is 38.5 Å². The lowest BCUT2D eigenvalue weighted by molar-refractivity contribution is 0.135. The third kappa shape index (κ3) is 3.21. The van der Waals surface area contributed by atoms with E-state index in [4.69, 9.17) is 22.7 Å². The molecule has 1 atom stereocenters. The fourth-order valence-corrected chi connectivity index (χ4v) is 1.85. The zero-order valence-electron chi connectivity index (χ0n) is 8.32. The second kappa shape index (κ2) is 4.88. The van der Waals surface area contributed by atoms with Crippen molar-refractivity contribution >= 4 is 17.2 Å². The summed E-state index contributed by atoms with van der Waals surface area (Å²) < 4.78 is 5.34. The van der Waals surface area contributed by atoms with Crippen molar-refractivity contribution in [1.29, 1.82) is 0 Å². The number of hydrogen-bond donors (Lipinski definition) is 1. The van der Waals surface area contributed by atoms with E-state index in [9.17, 15) is 0 Å². The SMILES string of the molecule is CC(C)N(CC(N)=S)C1CCOC1. The molecule has 0 bridgehead atoms. The lowest BCUT2D eigenvalue weighted by atomic mass is 10.2. The lowest BCUT2D eigenvalue weighted by Gasteiger charge is -2.30. The van der Waals surface area contributed by atoms with E-state index in [1.165, 1.54) is 0 Å². The molecule has 0 aromatic carbocycles. The van der Waals surface area contributed by atoms with Gasteiger partial charge in [0.25, 0.3) is 0 Å². The molecule has 4 heteroatoms. The minimum Gasteiger partial charge on any atom is -0.392 e. The van der Waals surface area contributed by atoms with Gasteiger partial charge in [0.05, 0.1) is 11.6 Å². The minimum absolute atomic E-state index is 0.480. The molecule has 0 radical (unpaired) electrons. The fraction of sp³-hybridized carbons (Fsp3) is 0.889. The Bertz CT molecular complexity index is 178. The molecule has 1 rings (SSSR count). The van der Waals surface area contributed by atoms with Crippen molar-refractivity contribution in [3.63, 3.8) is 0 Å². The van der Waals surface area contributed by atoms with Crippen LogP contribution < -0.4 is 5.73 Å². The molecule has 0 spiro atoms. The monoisotopic (exact) mass is 202 g/mol. The van der Waals surface area contributed by atoms with E-state index in [2.05, 4.69) is 18.7 Å². The van der Waals surface area contributed by atoms with Gasteiger partial charge in [-0.3, -0.25) is 4.90 Å². The first-order chi connectivity index (χ1) is 6.11. The van der Waals surface area contributed by atoms with Gasteiger partial charge >= 0.3 is 0 Å². The van der Waals surface area contributed by atoms with E-state index in [1.807, 2.05) is 0 Å². The average Bonchev–Trinajstić information content (AvgIpc) is 2.50. The average molecular weight is 202 g/mol. The number of nitrogens with two attached hydrogens (primary N) is 1. The standard InChI is InChI=1S/C9H18N2OS/c1-7(2)11(5-9(10)13)8-3-4-12-6-8/h7-8H,3-6H2,1-2H3,(H2,10,13). The van der Waals surface area contributed by atoms with Crippen LogP contribution in [0.5, 0.6) is 0 Å². The highest BCUT2D eigenvalue weighted by Gasteiger charge is 2.25. The normalized spacial score (nSPS) is 22.9. The van der Waals surface area contributed by atoms with Crippen LogP contribution >= 0.6 is 12.2 Å². The molecule has 1 unspecified atom stereocenters. The Morgan fingerprint density at radius 1 is 1.69 bits per heavy atom. The van der Waals surface area contributed by atoms with Gasteiger partial charge < -0.3 is 10.5 Å². The van der Waals surface area contributed by atoms with Crippen molar-refractivity contribution in [3.8, 4) is 0 Å². The molecule has 1 aliphatic rings. The number of thiocarbonyl (C=S) groups is 1. The fourth-order valence-electron chi connectivity index (χ4n) is 1.70. The third-order valence-corrected chi connectivity index (χ3v) is 2.51. The molecule has 1 saturated heterocycles. The predicted octanol–water partition coefficient (Wildman–Crippen LogP) is 0.772. The number of hydrogen-bond acceptors (Lipinski definition) is 3. The van der Waals surface area contributed by atoms with Crippen LogP contribution in [0.4, 0.5) is 0 Å². The van der Waals surface area contributed by atoms with Crippen LogP contribution in [0.2, 0.25) is 0 Å². The van der Waals surface area contributed by atoms with Gasteiger partial charge in [-0.25, -0.2) is 0 Å². The van der Waals surface area contributed by atoms with Crippen LogP contribution in [-0.4, -0.2) is 41.7 Å². The number of rotatable bonds is 4. The first kappa shape index (κ1) is 10.9. The van der Waals surface area contributed by atoms with Crippen molar-refractivity contribution < 1.29 is 4.74 Å². The van der Waals surface area contributed by atoms with Gasteiger partial charge in [-0.15, -0.1) is 0 Å². The van der Waals surface area contributed by atoms with Gasteiger partial charge in [0.2, 0.25) is 0 Å². The molecule has 1 aliphatic heterocycles. The summed E-state index contributed by atoms with van der Waals surface area (Å²) in [6.45, 7) is 6.72. The highest BCUT2D eigenvalue weighted by molar-refractivity contribution is 7.80. The molecule has 1 heterocycles. The molecule has 0 aromatic rings. The molecule has 0 amide bonds. The summed E-state index contributed by atoms with van der Waals surface area (Å²) in [5.74, 6) is 0. The summed E-state index contributed by atoms with van der Waals surface area (Å²) in [5.41, 5.74) is 5.55. The molecule has 3 nitrogen and oxygen atoms in total. The Balaban J connectivity index is 2.50. The quantitative estimate of drug-likeness (QED) is 0.684.